The van der Waals surface area contributed by atoms with Gasteiger partial charge in [0.15, 0.2) is 5.82 Å². The summed E-state index contributed by atoms with van der Waals surface area (Å²) in [6.45, 7) is 0.543. The molecule has 0 fully saturated rings. The molecule has 0 aliphatic carbocycles. The summed E-state index contributed by atoms with van der Waals surface area (Å²) in [6, 6.07) is 16.4. The summed E-state index contributed by atoms with van der Waals surface area (Å²) in [7, 11) is 0. The van der Waals surface area contributed by atoms with Gasteiger partial charge in [-0.2, -0.15) is 5.10 Å². The lowest BCUT2D eigenvalue weighted by atomic mass is 9.94. The van der Waals surface area contributed by atoms with Gasteiger partial charge in [-0.05, 0) is 47.7 Å². The molecule has 4 aromatic rings. The molecule has 0 saturated carbocycles. The van der Waals surface area contributed by atoms with Gasteiger partial charge in [0.05, 0.1) is 0 Å². The molecule has 0 spiro atoms. The summed E-state index contributed by atoms with van der Waals surface area (Å²) in [5.41, 5.74) is 1.95. The van der Waals surface area contributed by atoms with Crippen LogP contribution in [0.4, 0.5) is 0 Å². The number of benzene rings is 2. The molecule has 33 heavy (non-hydrogen) atoms. The first-order valence-corrected chi connectivity index (χ1v) is 10.7. The van der Waals surface area contributed by atoms with E-state index >= 15 is 0 Å². The number of carbonyl (C=O) groups excluding carboxylic acids is 3. The van der Waals surface area contributed by atoms with Crippen LogP contribution in [0.2, 0.25) is 0 Å². The summed E-state index contributed by atoms with van der Waals surface area (Å²) in [4.78, 5) is 43.7. The first-order valence-electron chi connectivity index (χ1n) is 10.7. The number of nitrogens with one attached hydrogen (secondary N) is 1. The van der Waals surface area contributed by atoms with Crippen LogP contribution in [-0.2, 0) is 11.3 Å². The van der Waals surface area contributed by atoms with Crippen molar-refractivity contribution in [3.05, 3.63) is 89.9 Å². The second-order valence-electron chi connectivity index (χ2n) is 7.82. The minimum Gasteiger partial charge on any atom is -0.352 e. The van der Waals surface area contributed by atoms with Crippen molar-refractivity contribution in [3.8, 4) is 5.82 Å². The average molecular weight is 439 g/mol. The van der Waals surface area contributed by atoms with Crippen molar-refractivity contribution in [2.75, 3.05) is 6.54 Å². The Morgan fingerprint density at radius 3 is 2.39 bits per heavy atom. The van der Waals surface area contributed by atoms with Crippen molar-refractivity contribution in [2.45, 2.75) is 19.4 Å². The van der Waals surface area contributed by atoms with Gasteiger partial charge in [0.25, 0.3) is 11.8 Å². The third-order valence-electron chi connectivity index (χ3n) is 5.68. The fourth-order valence-electron chi connectivity index (χ4n) is 4.07. The molecule has 1 N–H and O–H groups in total. The van der Waals surface area contributed by atoms with Crippen LogP contribution in [0.5, 0.6) is 0 Å². The number of hydrogen-bond donors (Lipinski definition) is 1. The number of carbonyl (C=O) groups is 3. The predicted octanol–water partition coefficient (Wildman–Crippen LogP) is 3.11. The third kappa shape index (κ3) is 3.98. The van der Waals surface area contributed by atoms with Gasteiger partial charge >= 0.3 is 0 Å². The first kappa shape index (κ1) is 20.6. The summed E-state index contributed by atoms with van der Waals surface area (Å²) in [5.74, 6) is -0.101. The largest absolute Gasteiger partial charge is 0.352 e. The molecule has 0 unspecified atom stereocenters. The van der Waals surface area contributed by atoms with Crippen LogP contribution in [-0.4, -0.2) is 43.9 Å². The van der Waals surface area contributed by atoms with Crippen LogP contribution in [0, 0.1) is 0 Å². The van der Waals surface area contributed by atoms with E-state index in [-0.39, 0.29) is 30.7 Å². The summed E-state index contributed by atoms with van der Waals surface area (Å²) in [5, 5.41) is 8.61. The summed E-state index contributed by atoms with van der Waals surface area (Å²) >= 11 is 0. The highest BCUT2D eigenvalue weighted by Crippen LogP contribution is 2.30. The molecule has 0 atom stereocenters. The average Bonchev–Trinajstić information content (AvgIpc) is 3.38. The molecule has 8 heteroatoms. The van der Waals surface area contributed by atoms with Crippen LogP contribution < -0.4 is 5.32 Å². The highest BCUT2D eigenvalue weighted by atomic mass is 16.2. The van der Waals surface area contributed by atoms with E-state index in [1.165, 1.54) is 4.90 Å². The normalized spacial score (nSPS) is 12.9. The van der Waals surface area contributed by atoms with E-state index in [1.54, 1.807) is 35.4 Å². The van der Waals surface area contributed by atoms with Crippen molar-refractivity contribution < 1.29 is 14.4 Å². The third-order valence-corrected chi connectivity index (χ3v) is 5.68. The van der Waals surface area contributed by atoms with Crippen molar-refractivity contribution in [1.82, 2.24) is 25.0 Å². The van der Waals surface area contributed by atoms with Gasteiger partial charge in [0, 0.05) is 54.6 Å². The zero-order valence-electron chi connectivity index (χ0n) is 17.8. The number of nitrogens with zero attached hydrogens (tertiary/aromatic N) is 4. The minimum atomic E-state index is -0.312. The van der Waals surface area contributed by atoms with Crippen LogP contribution in [0.25, 0.3) is 16.6 Å². The molecule has 1 aliphatic heterocycles. The molecule has 0 saturated heterocycles. The van der Waals surface area contributed by atoms with Crippen LogP contribution in [0.3, 0.4) is 0 Å². The Morgan fingerprint density at radius 2 is 1.70 bits per heavy atom. The van der Waals surface area contributed by atoms with E-state index in [4.69, 9.17) is 0 Å². The van der Waals surface area contributed by atoms with Gasteiger partial charge in [-0.15, -0.1) is 0 Å². The fourth-order valence-corrected chi connectivity index (χ4v) is 4.07. The van der Waals surface area contributed by atoms with E-state index < -0.39 is 0 Å². The minimum absolute atomic E-state index is 0.146. The molecule has 5 rings (SSSR count). The van der Waals surface area contributed by atoms with Crippen molar-refractivity contribution >= 4 is 28.5 Å². The highest BCUT2D eigenvalue weighted by molar-refractivity contribution is 6.25. The molecule has 1 aliphatic rings. The van der Waals surface area contributed by atoms with E-state index in [9.17, 15) is 14.4 Å². The molecule has 2 aromatic heterocycles. The number of imide groups is 1. The zero-order valence-corrected chi connectivity index (χ0v) is 17.8. The SMILES string of the molecule is O=C(CCCN1C(=O)c2cccc3cccc(c23)C1=O)NCc1ccnc(-n2cccn2)c1. The van der Waals surface area contributed by atoms with Crippen molar-refractivity contribution in [1.29, 1.82) is 0 Å². The number of amides is 3. The van der Waals surface area contributed by atoms with Crippen molar-refractivity contribution in [2.24, 2.45) is 0 Å². The predicted molar refractivity (Wildman–Crippen MR) is 122 cm³/mol. The first-order chi connectivity index (χ1) is 16.1. The van der Waals surface area contributed by atoms with Gasteiger partial charge in [-0.1, -0.05) is 24.3 Å². The number of rotatable bonds is 7. The maximum Gasteiger partial charge on any atom is 0.261 e. The fraction of sp³-hybridized carbons (Fsp3) is 0.160. The van der Waals surface area contributed by atoms with Crippen LogP contribution in [0.1, 0.15) is 39.1 Å². The lowest BCUT2D eigenvalue weighted by Gasteiger charge is -2.27. The van der Waals surface area contributed by atoms with Gasteiger partial charge < -0.3 is 5.32 Å². The topological polar surface area (TPSA) is 97.2 Å². The van der Waals surface area contributed by atoms with Crippen LogP contribution >= 0.6 is 0 Å². The molecule has 0 radical (unpaired) electrons. The molecule has 0 bridgehead atoms. The molecule has 3 amide bonds. The van der Waals surface area contributed by atoms with E-state index in [0.29, 0.717) is 35.3 Å². The highest BCUT2D eigenvalue weighted by Gasteiger charge is 2.32. The van der Waals surface area contributed by atoms with Gasteiger partial charge in [0.1, 0.15) is 0 Å². The Balaban J connectivity index is 1.18. The van der Waals surface area contributed by atoms with Gasteiger partial charge in [-0.25, -0.2) is 9.67 Å². The Labute approximate surface area is 189 Å². The zero-order chi connectivity index (χ0) is 22.8. The lowest BCUT2D eigenvalue weighted by Crippen LogP contribution is -2.41. The smallest absolute Gasteiger partial charge is 0.261 e. The Kier molecular flexibility index (Phi) is 5.40. The second-order valence-corrected chi connectivity index (χ2v) is 7.82. The Hall–Kier alpha value is -4.33. The molecular weight excluding hydrogens is 418 g/mol. The molecule has 164 valence electrons. The van der Waals surface area contributed by atoms with E-state index in [1.807, 2.05) is 42.5 Å². The number of hydrogen-bond acceptors (Lipinski definition) is 5. The number of aromatic nitrogens is 3. The molecular formula is C25H21N5O3. The number of pyridine rings is 1. The maximum absolute atomic E-state index is 12.9. The van der Waals surface area contributed by atoms with Gasteiger partial charge in [-0.3, -0.25) is 19.3 Å². The van der Waals surface area contributed by atoms with Gasteiger partial charge in [0.2, 0.25) is 5.91 Å². The lowest BCUT2D eigenvalue weighted by molar-refractivity contribution is -0.121. The quantitative estimate of drug-likeness (QED) is 0.446. The van der Waals surface area contributed by atoms with E-state index in [2.05, 4.69) is 15.4 Å². The summed E-state index contributed by atoms with van der Waals surface area (Å²) in [6.07, 6.45) is 5.74. The maximum atomic E-state index is 12.9. The monoisotopic (exact) mass is 439 g/mol. The van der Waals surface area contributed by atoms with E-state index in [0.717, 1.165) is 10.9 Å². The second kappa shape index (κ2) is 8.66. The Morgan fingerprint density at radius 1 is 0.939 bits per heavy atom. The van der Waals surface area contributed by atoms with Crippen LogP contribution in [0.15, 0.2) is 73.2 Å². The Bertz CT molecular complexity index is 1310. The molecule has 2 aromatic carbocycles. The molecule has 3 heterocycles. The molecule has 8 nitrogen and oxygen atoms in total. The standard InChI is InChI=1S/C25H21N5O3/c31-22(27-16-17-10-12-26-21(15-17)30-14-4-11-28-30)9-3-13-29-24(32)19-7-1-5-18-6-2-8-20(23(18)19)25(29)33/h1-2,4-8,10-12,14-15H,3,9,13,16H2,(H,27,31). The summed E-state index contributed by atoms with van der Waals surface area (Å²) < 4.78 is 1.65. The van der Waals surface area contributed by atoms with Crippen molar-refractivity contribution in [3.63, 3.8) is 0 Å².